The number of carbonyl (C=O) groups is 4. The van der Waals surface area contributed by atoms with Crippen molar-refractivity contribution in [2.24, 2.45) is 0 Å². The van der Waals surface area contributed by atoms with Crippen LogP contribution >= 0.6 is 0 Å². The van der Waals surface area contributed by atoms with E-state index in [4.69, 9.17) is 4.74 Å². The summed E-state index contributed by atoms with van der Waals surface area (Å²) in [5.74, 6) is -2.11. The Labute approximate surface area is 222 Å². The monoisotopic (exact) mass is 537 g/mol. The van der Waals surface area contributed by atoms with E-state index >= 15 is 0 Å². The molecule has 2 aromatic heterocycles. The van der Waals surface area contributed by atoms with Crippen molar-refractivity contribution in [3.05, 3.63) is 53.2 Å². The van der Waals surface area contributed by atoms with Crippen LogP contribution in [0.2, 0.25) is 0 Å². The summed E-state index contributed by atoms with van der Waals surface area (Å²) >= 11 is 0. The molecule has 1 aromatic carbocycles. The fraction of sp³-hybridized carbons (Fsp3) is 0.385. The number of hydrogen-bond donors (Lipinski definition) is 3. The van der Waals surface area contributed by atoms with Crippen molar-refractivity contribution in [1.82, 2.24) is 30.1 Å². The van der Waals surface area contributed by atoms with Gasteiger partial charge in [0.15, 0.2) is 18.1 Å². The number of hydrogen-bond acceptors (Lipinski definition) is 7. The Morgan fingerprint density at radius 1 is 1.21 bits per heavy atom. The van der Waals surface area contributed by atoms with Crippen LogP contribution in [0.5, 0.6) is 5.75 Å². The molecule has 39 heavy (non-hydrogen) atoms. The standard InChI is InChI=1S/C26H28FN7O5/c1-26(2,3)33-8-4-5-16(25(33)38)32-24(37)19-10-18(31-22-15(27)12-29-34(19)22)23(36)28-11-14-6-7-20-17(9-14)30-21(35)13-39-20/h6-7,9-10,12,16H,4-5,8,11,13H2,1-3H3,(H,28,36)(H,30,35)(H,32,37)/t16-/m0/s1. The molecule has 1 saturated heterocycles. The number of ether oxygens (including phenoxy) is 1. The van der Waals surface area contributed by atoms with Gasteiger partial charge in [0.05, 0.1) is 11.9 Å². The van der Waals surface area contributed by atoms with Crippen LogP contribution in [0.4, 0.5) is 10.1 Å². The molecule has 4 amide bonds. The first kappa shape index (κ1) is 26.1. The van der Waals surface area contributed by atoms with E-state index in [0.29, 0.717) is 36.4 Å². The molecule has 0 saturated carbocycles. The largest absolute Gasteiger partial charge is 0.482 e. The predicted octanol–water partition coefficient (Wildman–Crippen LogP) is 1.65. The highest BCUT2D eigenvalue weighted by Crippen LogP contribution is 2.28. The van der Waals surface area contributed by atoms with Crippen molar-refractivity contribution in [3.63, 3.8) is 0 Å². The predicted molar refractivity (Wildman–Crippen MR) is 137 cm³/mol. The molecule has 0 spiro atoms. The summed E-state index contributed by atoms with van der Waals surface area (Å²) in [5.41, 5.74) is 0.114. The lowest BCUT2D eigenvalue weighted by Gasteiger charge is -2.41. The lowest BCUT2D eigenvalue weighted by atomic mass is 9.97. The number of fused-ring (bicyclic) bond motifs is 2. The molecule has 0 radical (unpaired) electrons. The second-order valence-corrected chi connectivity index (χ2v) is 10.4. The highest BCUT2D eigenvalue weighted by atomic mass is 19.1. The molecule has 0 bridgehead atoms. The molecule has 2 aliphatic heterocycles. The fourth-order valence-corrected chi connectivity index (χ4v) is 4.63. The third-order valence-corrected chi connectivity index (χ3v) is 6.58. The van der Waals surface area contributed by atoms with Gasteiger partial charge in [-0.2, -0.15) is 5.10 Å². The van der Waals surface area contributed by atoms with Gasteiger partial charge in [-0.3, -0.25) is 19.2 Å². The lowest BCUT2D eigenvalue weighted by Crippen LogP contribution is -2.57. The summed E-state index contributed by atoms with van der Waals surface area (Å²) in [4.78, 5) is 56.7. The molecular weight excluding hydrogens is 509 g/mol. The number of benzene rings is 1. The molecule has 2 aliphatic rings. The average molecular weight is 538 g/mol. The molecule has 0 aliphatic carbocycles. The zero-order chi connectivity index (χ0) is 27.9. The van der Waals surface area contributed by atoms with Crippen LogP contribution in [0, 0.1) is 5.82 Å². The Balaban J connectivity index is 1.35. The number of anilines is 1. The van der Waals surface area contributed by atoms with Crippen molar-refractivity contribution in [2.45, 2.75) is 51.7 Å². The minimum absolute atomic E-state index is 0.0668. The first-order valence-corrected chi connectivity index (χ1v) is 12.5. The number of piperidine rings is 1. The number of nitrogens with zero attached hydrogens (tertiary/aromatic N) is 4. The maximum absolute atomic E-state index is 14.5. The third kappa shape index (κ3) is 5.24. The van der Waals surface area contributed by atoms with Crippen molar-refractivity contribution < 1.29 is 28.3 Å². The van der Waals surface area contributed by atoms with Crippen molar-refractivity contribution in [2.75, 3.05) is 18.5 Å². The number of amides is 4. The van der Waals surface area contributed by atoms with Crippen LogP contribution in [0.3, 0.4) is 0 Å². The molecule has 4 heterocycles. The van der Waals surface area contributed by atoms with Crippen LogP contribution in [0.1, 0.15) is 60.2 Å². The van der Waals surface area contributed by atoms with Crippen molar-refractivity contribution >= 4 is 35.0 Å². The van der Waals surface area contributed by atoms with Crippen LogP contribution < -0.4 is 20.7 Å². The van der Waals surface area contributed by atoms with Gasteiger partial charge in [0.25, 0.3) is 17.7 Å². The van der Waals surface area contributed by atoms with Gasteiger partial charge in [0.1, 0.15) is 23.2 Å². The summed E-state index contributed by atoms with van der Waals surface area (Å²) in [6, 6.07) is 5.52. The van der Waals surface area contributed by atoms with Gasteiger partial charge in [0.2, 0.25) is 5.91 Å². The summed E-state index contributed by atoms with van der Waals surface area (Å²) in [5, 5.41) is 12.0. The second-order valence-electron chi connectivity index (χ2n) is 10.4. The number of halogens is 1. The Morgan fingerprint density at radius 2 is 2.00 bits per heavy atom. The number of likely N-dealkylation sites (tertiary alicyclic amines) is 1. The van der Waals surface area contributed by atoms with E-state index < -0.39 is 29.2 Å². The van der Waals surface area contributed by atoms with Gasteiger partial charge in [-0.25, -0.2) is 13.9 Å². The zero-order valence-electron chi connectivity index (χ0n) is 21.7. The van der Waals surface area contributed by atoms with Crippen molar-refractivity contribution in [3.8, 4) is 5.75 Å². The highest BCUT2D eigenvalue weighted by molar-refractivity contribution is 6.00. The van der Waals surface area contributed by atoms with Gasteiger partial charge in [-0.05, 0) is 51.3 Å². The number of rotatable bonds is 5. The van der Waals surface area contributed by atoms with E-state index in [1.165, 1.54) is 6.07 Å². The van der Waals surface area contributed by atoms with E-state index in [0.717, 1.165) is 10.7 Å². The summed E-state index contributed by atoms with van der Waals surface area (Å²) in [7, 11) is 0. The van der Waals surface area contributed by atoms with E-state index in [9.17, 15) is 23.6 Å². The second kappa shape index (κ2) is 9.97. The fourth-order valence-electron chi connectivity index (χ4n) is 4.63. The number of aromatic nitrogens is 3. The molecule has 3 aromatic rings. The maximum Gasteiger partial charge on any atom is 0.270 e. The molecular formula is C26H28FN7O5. The van der Waals surface area contributed by atoms with E-state index in [2.05, 4.69) is 26.0 Å². The molecule has 3 N–H and O–H groups in total. The van der Waals surface area contributed by atoms with Crippen molar-refractivity contribution in [1.29, 1.82) is 0 Å². The number of carbonyl (C=O) groups excluding carboxylic acids is 4. The van der Waals surface area contributed by atoms with Gasteiger partial charge in [-0.1, -0.05) is 6.07 Å². The van der Waals surface area contributed by atoms with Gasteiger partial charge < -0.3 is 25.6 Å². The third-order valence-electron chi connectivity index (χ3n) is 6.58. The van der Waals surface area contributed by atoms with Crippen LogP contribution in [-0.4, -0.2) is 67.9 Å². The SMILES string of the molecule is CC(C)(C)N1CCC[C@H](NC(=O)c2cc(C(=O)NCc3ccc4c(c3)NC(=O)CO4)nc3c(F)cnn23)C1=O. The first-order chi connectivity index (χ1) is 18.5. The highest BCUT2D eigenvalue weighted by Gasteiger charge is 2.36. The minimum Gasteiger partial charge on any atom is -0.482 e. The Morgan fingerprint density at radius 3 is 2.77 bits per heavy atom. The zero-order valence-corrected chi connectivity index (χ0v) is 21.7. The summed E-state index contributed by atoms with van der Waals surface area (Å²) < 4.78 is 20.8. The molecule has 12 nitrogen and oxygen atoms in total. The van der Waals surface area contributed by atoms with Crippen LogP contribution in [-0.2, 0) is 16.1 Å². The Hall–Kier alpha value is -4.55. The maximum atomic E-state index is 14.5. The van der Waals surface area contributed by atoms with Crippen LogP contribution in [0.15, 0.2) is 30.5 Å². The smallest absolute Gasteiger partial charge is 0.270 e. The first-order valence-electron chi connectivity index (χ1n) is 12.5. The Kier molecular flexibility index (Phi) is 6.66. The quantitative estimate of drug-likeness (QED) is 0.448. The molecule has 5 rings (SSSR count). The van der Waals surface area contributed by atoms with E-state index in [-0.39, 0.29) is 42.0 Å². The normalized spacial score (nSPS) is 17.3. The molecule has 0 unspecified atom stereocenters. The minimum atomic E-state index is -0.809. The summed E-state index contributed by atoms with van der Waals surface area (Å²) in [6.45, 7) is 6.36. The van der Waals surface area contributed by atoms with Gasteiger partial charge in [-0.15, -0.1) is 0 Å². The topological polar surface area (TPSA) is 147 Å². The Bertz CT molecular complexity index is 1500. The van der Waals surface area contributed by atoms with E-state index in [1.807, 2.05) is 20.8 Å². The lowest BCUT2D eigenvalue weighted by molar-refractivity contribution is -0.140. The molecule has 1 fully saturated rings. The molecule has 1 atom stereocenters. The van der Waals surface area contributed by atoms with Gasteiger partial charge in [0, 0.05) is 24.7 Å². The van der Waals surface area contributed by atoms with E-state index in [1.54, 1.807) is 23.1 Å². The average Bonchev–Trinajstić information content (AvgIpc) is 3.27. The van der Waals surface area contributed by atoms with Crippen LogP contribution in [0.25, 0.3) is 5.65 Å². The summed E-state index contributed by atoms with van der Waals surface area (Å²) in [6.07, 6.45) is 2.07. The van der Waals surface area contributed by atoms with Gasteiger partial charge >= 0.3 is 0 Å². The molecule has 13 heteroatoms. The molecule has 204 valence electrons. The number of nitrogens with one attached hydrogen (secondary N) is 3.